The second-order valence-electron chi connectivity index (χ2n) is 7.01. The van der Waals surface area contributed by atoms with E-state index in [1.165, 1.54) is 17.7 Å². The molecule has 1 saturated carbocycles. The molecule has 0 aliphatic heterocycles. The van der Waals surface area contributed by atoms with Gasteiger partial charge in [-0.15, -0.1) is 11.3 Å². The van der Waals surface area contributed by atoms with Crippen LogP contribution in [-0.4, -0.2) is 26.8 Å². The maximum Gasteiger partial charge on any atom is 0.321 e. The number of carbonyl (C=O) groups is 1. The molecule has 4 rings (SSSR count). The molecule has 2 aromatic heterocycles. The molecule has 0 atom stereocenters. The van der Waals surface area contributed by atoms with Crippen molar-refractivity contribution in [2.45, 2.75) is 63.5 Å². The number of hydrogen-bond donors (Lipinski definition) is 2. The molecule has 2 aromatic rings. The van der Waals surface area contributed by atoms with E-state index < -0.39 is 0 Å². The molecule has 2 heterocycles. The van der Waals surface area contributed by atoms with Gasteiger partial charge >= 0.3 is 6.03 Å². The Morgan fingerprint density at radius 1 is 1.19 bits per heavy atom. The summed E-state index contributed by atoms with van der Waals surface area (Å²) in [6.07, 6.45) is 9.51. The van der Waals surface area contributed by atoms with E-state index in [1.54, 1.807) is 34.3 Å². The quantitative estimate of drug-likeness (QED) is 0.866. The second-order valence-corrected chi connectivity index (χ2v) is 8.09. The number of carbonyl (C=O) groups excluding carboxylic acids is 1. The first-order chi connectivity index (χ1) is 12.7. The van der Waals surface area contributed by atoms with Gasteiger partial charge in [0.1, 0.15) is 0 Å². The number of hydrogen-bond acceptors (Lipinski definition) is 5. The van der Waals surface area contributed by atoms with Crippen molar-refractivity contribution in [1.82, 2.24) is 20.1 Å². The number of nitrogens with zero attached hydrogens (tertiary/aromatic N) is 3. The highest BCUT2D eigenvalue weighted by Crippen LogP contribution is 2.30. The summed E-state index contributed by atoms with van der Waals surface area (Å²) in [4.78, 5) is 30.0. The second kappa shape index (κ2) is 7.57. The van der Waals surface area contributed by atoms with Crippen molar-refractivity contribution in [3.05, 3.63) is 39.3 Å². The molecule has 138 valence electrons. The van der Waals surface area contributed by atoms with Crippen molar-refractivity contribution in [2.75, 3.05) is 5.32 Å². The third kappa shape index (κ3) is 3.80. The summed E-state index contributed by atoms with van der Waals surface area (Å²) in [5, 5.41) is 10.8. The van der Waals surface area contributed by atoms with Gasteiger partial charge in [-0.2, -0.15) is 5.10 Å². The maximum atomic E-state index is 12.3. The minimum absolute atomic E-state index is 0.0608. The molecule has 1 fully saturated rings. The molecule has 0 saturated heterocycles. The minimum Gasteiger partial charge on any atom is -0.335 e. The van der Waals surface area contributed by atoms with Crippen LogP contribution < -0.4 is 16.2 Å². The van der Waals surface area contributed by atoms with Crippen LogP contribution in [0.25, 0.3) is 0 Å². The van der Waals surface area contributed by atoms with Crippen molar-refractivity contribution in [2.24, 2.45) is 0 Å². The Bertz CT molecular complexity index is 815. The molecule has 0 spiro atoms. The lowest BCUT2D eigenvalue weighted by atomic mass is 9.91. The van der Waals surface area contributed by atoms with Crippen molar-refractivity contribution in [3.63, 3.8) is 0 Å². The van der Waals surface area contributed by atoms with E-state index in [2.05, 4.69) is 20.7 Å². The Kier molecular flexibility index (Phi) is 5.01. The zero-order valence-corrected chi connectivity index (χ0v) is 15.4. The molecule has 26 heavy (non-hydrogen) atoms. The number of nitrogens with one attached hydrogen (secondary N) is 2. The van der Waals surface area contributed by atoms with Crippen molar-refractivity contribution in [3.8, 4) is 0 Å². The van der Waals surface area contributed by atoms with Crippen LogP contribution in [0.1, 0.15) is 55.1 Å². The summed E-state index contributed by atoms with van der Waals surface area (Å²) < 4.78 is 1.57. The van der Waals surface area contributed by atoms with Crippen molar-refractivity contribution >= 4 is 22.5 Å². The molecule has 2 aliphatic carbocycles. The van der Waals surface area contributed by atoms with Crippen LogP contribution in [-0.2, 0) is 12.8 Å². The zero-order chi connectivity index (χ0) is 17.9. The lowest BCUT2D eigenvalue weighted by Gasteiger charge is -2.29. The molecule has 0 bridgehead atoms. The smallest absolute Gasteiger partial charge is 0.321 e. The number of anilines is 1. The predicted molar refractivity (Wildman–Crippen MR) is 101 cm³/mol. The van der Waals surface area contributed by atoms with Gasteiger partial charge in [0, 0.05) is 23.2 Å². The highest BCUT2D eigenvalue weighted by molar-refractivity contribution is 7.15. The van der Waals surface area contributed by atoms with Crippen LogP contribution in [0.5, 0.6) is 0 Å². The van der Waals surface area contributed by atoms with E-state index in [1.807, 2.05) is 0 Å². The molecule has 8 heteroatoms. The fourth-order valence-corrected chi connectivity index (χ4v) is 4.88. The SMILES string of the molecule is O=C(Nc1nc2c(s1)CCCC2)NC1CCC(n2ncccc2=O)CC1. The van der Waals surface area contributed by atoms with E-state index >= 15 is 0 Å². The molecule has 0 unspecified atom stereocenters. The summed E-state index contributed by atoms with van der Waals surface area (Å²) in [5.41, 5.74) is 1.09. The van der Waals surface area contributed by atoms with Gasteiger partial charge in [0.15, 0.2) is 5.13 Å². The molecule has 2 aliphatic rings. The van der Waals surface area contributed by atoms with Gasteiger partial charge in [-0.1, -0.05) is 0 Å². The van der Waals surface area contributed by atoms with Crippen molar-refractivity contribution < 1.29 is 4.79 Å². The highest BCUT2D eigenvalue weighted by atomic mass is 32.1. The van der Waals surface area contributed by atoms with Crippen LogP contribution in [0.15, 0.2) is 23.1 Å². The number of aryl methyl sites for hydroxylation is 2. The summed E-state index contributed by atoms with van der Waals surface area (Å²) in [5.74, 6) is 0. The Morgan fingerprint density at radius 3 is 2.77 bits per heavy atom. The van der Waals surface area contributed by atoms with Gasteiger partial charge < -0.3 is 5.32 Å². The Labute approximate surface area is 155 Å². The summed E-state index contributed by atoms with van der Waals surface area (Å²) in [6.45, 7) is 0. The van der Waals surface area contributed by atoms with Crippen LogP contribution >= 0.6 is 11.3 Å². The maximum absolute atomic E-state index is 12.3. The van der Waals surface area contributed by atoms with E-state index in [-0.39, 0.29) is 23.7 Å². The minimum atomic E-state index is -0.186. The highest BCUT2D eigenvalue weighted by Gasteiger charge is 2.25. The third-order valence-corrected chi connectivity index (χ3v) is 6.26. The topological polar surface area (TPSA) is 88.9 Å². The average Bonchev–Trinajstić information content (AvgIpc) is 3.05. The van der Waals surface area contributed by atoms with Crippen LogP contribution in [0.4, 0.5) is 9.93 Å². The first-order valence-electron chi connectivity index (χ1n) is 9.29. The number of rotatable bonds is 3. The van der Waals surface area contributed by atoms with Gasteiger partial charge in [-0.25, -0.2) is 14.5 Å². The fraction of sp³-hybridized carbons (Fsp3) is 0.556. The Morgan fingerprint density at radius 2 is 2.00 bits per heavy atom. The predicted octanol–water partition coefficient (Wildman–Crippen LogP) is 2.88. The largest absolute Gasteiger partial charge is 0.335 e. The standard InChI is InChI=1S/C18H23N5O2S/c24-16-6-3-11-19-23(16)13-9-7-12(8-10-13)20-17(25)22-18-21-14-4-1-2-5-15(14)26-18/h3,6,11-13H,1-2,4-5,7-10H2,(H2,20,21,22,25). The first kappa shape index (κ1) is 17.2. The molecule has 0 radical (unpaired) electrons. The molecule has 2 amide bonds. The molecule has 2 N–H and O–H groups in total. The average molecular weight is 373 g/mol. The Balaban J connectivity index is 1.29. The third-order valence-electron chi connectivity index (χ3n) is 5.19. The Hall–Kier alpha value is -2.22. The molecule has 7 nitrogen and oxygen atoms in total. The molecular weight excluding hydrogens is 350 g/mol. The number of fused-ring (bicyclic) bond motifs is 1. The monoisotopic (exact) mass is 373 g/mol. The number of thiazole rings is 1. The lowest BCUT2D eigenvalue weighted by Crippen LogP contribution is -2.41. The van der Waals surface area contributed by atoms with Gasteiger partial charge in [0.05, 0.1) is 11.7 Å². The summed E-state index contributed by atoms with van der Waals surface area (Å²) in [6, 6.07) is 3.26. The molecular formula is C18H23N5O2S. The lowest BCUT2D eigenvalue weighted by molar-refractivity contribution is 0.234. The fourth-order valence-electron chi connectivity index (χ4n) is 3.83. The number of aromatic nitrogens is 3. The number of urea groups is 1. The van der Waals surface area contributed by atoms with Crippen LogP contribution in [0.3, 0.4) is 0 Å². The number of amides is 2. The normalized spacial score (nSPS) is 22.5. The zero-order valence-electron chi connectivity index (χ0n) is 14.6. The van der Waals surface area contributed by atoms with Gasteiger partial charge in [-0.05, 0) is 57.4 Å². The van der Waals surface area contributed by atoms with E-state index in [0.29, 0.717) is 5.13 Å². The van der Waals surface area contributed by atoms with Gasteiger partial charge in [-0.3, -0.25) is 10.1 Å². The van der Waals surface area contributed by atoms with Crippen LogP contribution in [0, 0.1) is 0 Å². The van der Waals surface area contributed by atoms with Gasteiger partial charge in [0.2, 0.25) is 0 Å². The van der Waals surface area contributed by atoms with Crippen molar-refractivity contribution in [1.29, 1.82) is 0 Å². The van der Waals surface area contributed by atoms with E-state index in [9.17, 15) is 9.59 Å². The van der Waals surface area contributed by atoms with Gasteiger partial charge in [0.25, 0.3) is 5.56 Å². The first-order valence-corrected chi connectivity index (χ1v) is 10.1. The van der Waals surface area contributed by atoms with E-state index in [4.69, 9.17) is 0 Å². The van der Waals surface area contributed by atoms with Crippen LogP contribution in [0.2, 0.25) is 0 Å². The molecule has 0 aromatic carbocycles. The summed E-state index contributed by atoms with van der Waals surface area (Å²) in [7, 11) is 0. The van der Waals surface area contributed by atoms with E-state index in [0.717, 1.165) is 44.2 Å². The summed E-state index contributed by atoms with van der Waals surface area (Å²) >= 11 is 1.60.